The standard InChI is InChI=1S/C57H66ClF4N4O7PS3/c1-6-73-74(68,51-21-16-44(53(36-51)77(71,72)57(60,61)62)32-42(38-75-52-10-8-7-9-11-52)22-25-63-26-23-50(67)24-27-63)37-41-12-19-48(20-13-41)64-28-30-65(31-29-64)49-34-45(33-47(59)35-49)54-55(43-14-17-46(58)18-15-43)66(39(2)3)40(4)56(54)76(5,69)70/h7-21,33-36,39,42,50,67H,6,22-32,37-38H2,1-5H3/t42-,74-/m0/s1. The van der Waals surface area contributed by atoms with E-state index in [2.05, 4.69) is 14.7 Å². The lowest BCUT2D eigenvalue weighted by Crippen LogP contribution is -2.46. The lowest BCUT2D eigenvalue weighted by Gasteiger charge is -2.37. The SMILES string of the molecule is CCO[P@@](=O)(Cc1ccc(N2CCN(c3cc(F)cc(-c4c(S(C)(=O)=O)c(C)n(C(C)C)c4-c4ccc(Cl)cc4)c3)CC2)cc1)c1ccc(C[C@H](CCN2CCC(O)CC2)CSc2ccccc2)c(S(=O)(=O)C(F)(F)F)c1. The highest BCUT2D eigenvalue weighted by Crippen LogP contribution is 2.51. The summed E-state index contributed by atoms with van der Waals surface area (Å²) in [7, 11) is -13.7. The van der Waals surface area contributed by atoms with Gasteiger partial charge in [0, 0.05) is 95.2 Å². The maximum absolute atomic E-state index is 15.8. The summed E-state index contributed by atoms with van der Waals surface area (Å²) in [6.07, 6.45) is 2.47. The Labute approximate surface area is 459 Å². The van der Waals surface area contributed by atoms with E-state index in [1.54, 1.807) is 49.9 Å². The quantitative estimate of drug-likeness (QED) is 0.0445. The zero-order chi connectivity index (χ0) is 55.5. The third-order valence-corrected chi connectivity index (χ3v) is 21.3. The summed E-state index contributed by atoms with van der Waals surface area (Å²) >= 11 is 7.81. The molecule has 6 aromatic rings. The molecule has 77 heavy (non-hydrogen) atoms. The van der Waals surface area contributed by atoms with Crippen molar-refractivity contribution in [1.82, 2.24) is 9.47 Å². The van der Waals surface area contributed by atoms with E-state index in [0.29, 0.717) is 110 Å². The number of benzene rings is 5. The number of piperidine rings is 1. The van der Waals surface area contributed by atoms with Crippen molar-refractivity contribution in [1.29, 1.82) is 0 Å². The molecule has 8 rings (SSSR count). The number of aromatic nitrogens is 1. The summed E-state index contributed by atoms with van der Waals surface area (Å²) in [6, 6.07) is 32.2. The Kier molecular flexibility index (Phi) is 18.5. The van der Waals surface area contributed by atoms with Crippen LogP contribution in [0, 0.1) is 18.7 Å². The van der Waals surface area contributed by atoms with Gasteiger partial charge in [0.15, 0.2) is 9.84 Å². The second kappa shape index (κ2) is 24.4. The summed E-state index contributed by atoms with van der Waals surface area (Å²) < 4.78 is 136. The topological polar surface area (TPSA) is 129 Å². The minimum atomic E-state index is -5.89. The van der Waals surface area contributed by atoms with E-state index in [4.69, 9.17) is 16.1 Å². The first-order valence-corrected chi connectivity index (χ1v) is 32.4. The third-order valence-electron chi connectivity index (χ3n) is 14.4. The third kappa shape index (κ3) is 13.7. The van der Waals surface area contributed by atoms with Gasteiger partial charge in [-0.3, -0.25) is 4.57 Å². The van der Waals surface area contributed by atoms with Crippen LogP contribution in [0.3, 0.4) is 0 Å². The van der Waals surface area contributed by atoms with Crippen molar-refractivity contribution in [2.45, 2.75) is 91.9 Å². The zero-order valence-corrected chi connectivity index (χ0v) is 47.9. The van der Waals surface area contributed by atoms with Crippen molar-refractivity contribution in [2.75, 3.05) is 74.2 Å². The van der Waals surface area contributed by atoms with Gasteiger partial charge >= 0.3 is 5.51 Å². The Morgan fingerprint density at radius 1 is 0.818 bits per heavy atom. The van der Waals surface area contributed by atoms with Crippen LogP contribution < -0.4 is 15.1 Å². The molecule has 20 heteroatoms. The van der Waals surface area contributed by atoms with Crippen LogP contribution in [-0.4, -0.2) is 107 Å². The van der Waals surface area contributed by atoms with Crippen LogP contribution in [0.5, 0.6) is 0 Å². The molecule has 1 N–H and O–H groups in total. The van der Waals surface area contributed by atoms with Gasteiger partial charge in [0.1, 0.15) is 5.82 Å². The first-order chi connectivity index (χ1) is 36.4. The van der Waals surface area contributed by atoms with Crippen molar-refractivity contribution in [3.8, 4) is 22.4 Å². The zero-order valence-electron chi connectivity index (χ0n) is 43.8. The number of hydrogen-bond donors (Lipinski definition) is 1. The van der Waals surface area contributed by atoms with Gasteiger partial charge in [-0.1, -0.05) is 60.1 Å². The van der Waals surface area contributed by atoms with Crippen LogP contribution in [0.25, 0.3) is 22.4 Å². The molecule has 0 radical (unpaired) electrons. The van der Waals surface area contributed by atoms with Crippen LogP contribution in [0.4, 0.5) is 28.9 Å². The average molecular weight is 1160 g/mol. The highest BCUT2D eigenvalue weighted by Gasteiger charge is 2.48. The molecule has 0 saturated carbocycles. The molecule has 5 aromatic carbocycles. The molecule has 2 aliphatic heterocycles. The molecule has 414 valence electrons. The first kappa shape index (κ1) is 58.5. The lowest BCUT2D eigenvalue weighted by molar-refractivity contribution is -0.0436. The number of anilines is 2. The van der Waals surface area contributed by atoms with Gasteiger partial charge in [-0.2, -0.15) is 13.2 Å². The molecule has 1 aromatic heterocycles. The van der Waals surface area contributed by atoms with Crippen molar-refractivity contribution >= 4 is 67.1 Å². The number of halogens is 5. The first-order valence-electron chi connectivity index (χ1n) is 25.8. The second-order valence-corrected chi connectivity index (χ2v) is 28.1. The van der Waals surface area contributed by atoms with Gasteiger partial charge < -0.3 is 28.9 Å². The molecular weight excluding hydrogens is 1090 g/mol. The van der Waals surface area contributed by atoms with Crippen molar-refractivity contribution < 1.29 is 48.6 Å². The number of likely N-dealkylation sites (tertiary alicyclic amines) is 1. The maximum Gasteiger partial charge on any atom is 0.501 e. The van der Waals surface area contributed by atoms with Gasteiger partial charge in [-0.15, -0.1) is 11.8 Å². The molecule has 0 aliphatic carbocycles. The predicted molar refractivity (Wildman–Crippen MR) is 302 cm³/mol. The summed E-state index contributed by atoms with van der Waals surface area (Å²) in [4.78, 5) is 6.59. The fourth-order valence-corrected chi connectivity index (χ4v) is 16.3. The Hall–Kier alpha value is -4.65. The monoisotopic (exact) mass is 1160 g/mol. The summed E-state index contributed by atoms with van der Waals surface area (Å²) in [5, 5.41) is 10.4. The summed E-state index contributed by atoms with van der Waals surface area (Å²) in [5.74, 6) is -0.226. The van der Waals surface area contributed by atoms with Gasteiger partial charge in [0.2, 0.25) is 7.37 Å². The number of aliphatic hydroxyl groups is 1. The number of aliphatic hydroxyl groups excluding tert-OH is 1. The smallest absolute Gasteiger partial charge is 0.393 e. The van der Waals surface area contributed by atoms with Crippen molar-refractivity contribution in [3.63, 3.8) is 0 Å². The van der Waals surface area contributed by atoms with Crippen molar-refractivity contribution in [3.05, 3.63) is 143 Å². The molecule has 0 unspecified atom stereocenters. The highest BCUT2D eigenvalue weighted by atomic mass is 35.5. The lowest BCUT2D eigenvalue weighted by atomic mass is 9.97. The fraction of sp³-hybridized carbons (Fsp3) is 0.404. The van der Waals surface area contributed by atoms with E-state index in [-0.39, 0.29) is 53.0 Å². The van der Waals surface area contributed by atoms with Gasteiger partial charge in [0.25, 0.3) is 9.84 Å². The van der Waals surface area contributed by atoms with E-state index in [1.165, 1.54) is 30.5 Å². The molecule has 2 aliphatic rings. The van der Waals surface area contributed by atoms with Crippen LogP contribution in [0.2, 0.25) is 5.02 Å². The molecule has 11 nitrogen and oxygen atoms in total. The molecule has 0 amide bonds. The van der Waals surface area contributed by atoms with Gasteiger partial charge in [-0.25, -0.2) is 21.2 Å². The number of hydrogen-bond acceptors (Lipinski definition) is 11. The fourth-order valence-electron chi connectivity index (χ4n) is 10.6. The summed E-state index contributed by atoms with van der Waals surface area (Å²) in [6.45, 7) is 11.4. The predicted octanol–water partition coefficient (Wildman–Crippen LogP) is 12.5. The number of rotatable bonds is 20. The molecule has 0 bridgehead atoms. The number of sulfone groups is 2. The minimum absolute atomic E-state index is 0.00931. The van der Waals surface area contributed by atoms with Crippen molar-refractivity contribution in [2.24, 2.45) is 5.92 Å². The summed E-state index contributed by atoms with van der Waals surface area (Å²) in [5.41, 5.74) is -0.861. The molecule has 2 saturated heterocycles. The van der Waals surface area contributed by atoms with E-state index in [9.17, 15) is 39.7 Å². The Balaban J connectivity index is 1.01. The highest BCUT2D eigenvalue weighted by molar-refractivity contribution is 7.99. The Morgan fingerprint density at radius 3 is 2.05 bits per heavy atom. The molecule has 2 atom stereocenters. The molecular formula is C57H66ClF4N4O7PS3. The Morgan fingerprint density at radius 2 is 1.45 bits per heavy atom. The Bertz CT molecular complexity index is 3300. The van der Waals surface area contributed by atoms with Crippen LogP contribution in [-0.2, 0) is 41.3 Å². The van der Waals surface area contributed by atoms with E-state index in [0.717, 1.165) is 22.2 Å². The molecule has 2 fully saturated rings. The normalized spacial score (nSPS) is 16.5. The largest absolute Gasteiger partial charge is 0.501 e. The van der Waals surface area contributed by atoms with E-state index < -0.39 is 43.3 Å². The van der Waals surface area contributed by atoms with Gasteiger partial charge in [0.05, 0.1) is 34.4 Å². The van der Waals surface area contributed by atoms with Crippen LogP contribution >= 0.6 is 30.7 Å². The van der Waals surface area contributed by atoms with Crippen LogP contribution in [0.1, 0.15) is 62.9 Å². The van der Waals surface area contributed by atoms with Crippen LogP contribution in [0.15, 0.2) is 130 Å². The number of thioether (sulfide) groups is 1. The molecule has 3 heterocycles. The number of piperazine rings is 1. The molecule has 0 spiro atoms. The van der Waals surface area contributed by atoms with Gasteiger partial charge in [-0.05, 0) is 155 Å². The number of nitrogens with zero attached hydrogens (tertiary/aromatic N) is 4. The van der Waals surface area contributed by atoms with E-state index >= 15 is 4.39 Å². The minimum Gasteiger partial charge on any atom is -0.393 e. The maximum atomic E-state index is 15.8. The second-order valence-electron chi connectivity index (χ2n) is 20.3. The average Bonchev–Trinajstić information content (AvgIpc) is 3.81. The van der Waals surface area contributed by atoms with E-state index in [1.807, 2.05) is 79.1 Å². The number of alkyl halides is 3.